The van der Waals surface area contributed by atoms with Crippen LogP contribution in [0.4, 0.5) is 17.6 Å². The molecule has 116 valence electrons. The highest BCUT2D eigenvalue weighted by Crippen LogP contribution is 2.21. The first-order valence-corrected chi connectivity index (χ1v) is 7.68. The number of rotatable bonds is 3. The maximum Gasteiger partial charge on any atom is 0.226 e. The maximum atomic E-state index is 5.95. The molecule has 0 fully saturated rings. The van der Waals surface area contributed by atoms with Gasteiger partial charge in [0.1, 0.15) is 0 Å². The Morgan fingerprint density at radius 1 is 1.04 bits per heavy atom. The minimum Gasteiger partial charge on any atom is -0.368 e. The van der Waals surface area contributed by atoms with E-state index in [1.807, 2.05) is 43.3 Å². The molecule has 5 nitrogen and oxygen atoms in total. The van der Waals surface area contributed by atoms with E-state index in [0.29, 0.717) is 15.7 Å². The van der Waals surface area contributed by atoms with Crippen LogP contribution in [0, 0.1) is 11.7 Å². The van der Waals surface area contributed by atoms with Gasteiger partial charge in [-0.05, 0) is 55.5 Å². The third-order valence-electron chi connectivity index (χ3n) is 3.23. The van der Waals surface area contributed by atoms with E-state index in [1.165, 1.54) is 5.56 Å². The number of nitrogen functional groups attached to an aromatic ring is 1. The summed E-state index contributed by atoms with van der Waals surface area (Å²) < 4.78 is 2.02. The fourth-order valence-corrected chi connectivity index (χ4v) is 2.51. The number of nitrogens with one attached hydrogen (secondary N) is 1. The van der Waals surface area contributed by atoms with Crippen LogP contribution in [0.15, 0.2) is 48.5 Å². The fourth-order valence-electron chi connectivity index (χ4n) is 2.09. The molecular weight excluding hydrogens is 330 g/mol. The van der Waals surface area contributed by atoms with Gasteiger partial charge >= 0.3 is 0 Å². The summed E-state index contributed by atoms with van der Waals surface area (Å²) >= 11 is 11.3. The van der Waals surface area contributed by atoms with Crippen molar-refractivity contribution < 1.29 is 0 Å². The van der Waals surface area contributed by atoms with Gasteiger partial charge in [-0.2, -0.15) is 9.97 Å². The molecule has 0 aliphatic heterocycles. The number of hydrogen-bond acceptors (Lipinski definition) is 5. The molecule has 1 heterocycles. The molecule has 0 atom stereocenters. The normalized spacial score (nSPS) is 10.5. The SMILES string of the molecule is Cc1ccc(Nc2nc(N)nc(=S)n2-c2ccc(Cl)cc2)cc1. The number of aromatic nitrogens is 3. The van der Waals surface area contributed by atoms with Crippen LogP contribution in [0.2, 0.25) is 5.02 Å². The average molecular weight is 344 g/mol. The highest BCUT2D eigenvalue weighted by Gasteiger charge is 2.09. The van der Waals surface area contributed by atoms with E-state index in [4.69, 9.17) is 29.6 Å². The van der Waals surface area contributed by atoms with Gasteiger partial charge in [-0.25, -0.2) is 0 Å². The molecule has 3 aromatic rings. The van der Waals surface area contributed by atoms with Crippen LogP contribution in [-0.4, -0.2) is 14.5 Å². The van der Waals surface area contributed by atoms with E-state index < -0.39 is 0 Å². The van der Waals surface area contributed by atoms with Crippen molar-refractivity contribution in [2.75, 3.05) is 11.1 Å². The van der Waals surface area contributed by atoms with Crippen molar-refractivity contribution in [1.29, 1.82) is 0 Å². The number of anilines is 3. The summed E-state index contributed by atoms with van der Waals surface area (Å²) in [6, 6.07) is 15.2. The Kier molecular flexibility index (Phi) is 4.27. The van der Waals surface area contributed by atoms with Crippen molar-refractivity contribution >= 4 is 41.4 Å². The van der Waals surface area contributed by atoms with Crippen LogP contribution in [0.5, 0.6) is 0 Å². The Labute approximate surface area is 143 Å². The van der Waals surface area contributed by atoms with Gasteiger partial charge in [0.25, 0.3) is 0 Å². The van der Waals surface area contributed by atoms with Crippen LogP contribution in [-0.2, 0) is 0 Å². The molecule has 0 saturated carbocycles. The van der Waals surface area contributed by atoms with E-state index in [1.54, 1.807) is 16.7 Å². The molecular formula is C16H14ClN5S. The van der Waals surface area contributed by atoms with Crippen molar-refractivity contribution in [2.24, 2.45) is 0 Å². The Morgan fingerprint density at radius 3 is 2.35 bits per heavy atom. The standard InChI is InChI=1S/C16H14ClN5S/c1-10-2-6-12(7-3-10)19-15-20-14(18)21-16(23)22(15)13-8-4-11(17)5-9-13/h2-9H,1H3,(H3,18,19,20,21,23). The summed E-state index contributed by atoms with van der Waals surface area (Å²) in [5.41, 5.74) is 8.60. The molecule has 0 amide bonds. The van der Waals surface area contributed by atoms with Crippen molar-refractivity contribution in [3.8, 4) is 5.69 Å². The second-order valence-electron chi connectivity index (χ2n) is 4.99. The fraction of sp³-hybridized carbons (Fsp3) is 0.0625. The number of benzene rings is 2. The van der Waals surface area contributed by atoms with Crippen LogP contribution < -0.4 is 11.1 Å². The molecule has 0 aliphatic rings. The predicted octanol–water partition coefficient (Wildman–Crippen LogP) is 4.28. The highest BCUT2D eigenvalue weighted by atomic mass is 35.5. The zero-order chi connectivity index (χ0) is 16.4. The Hall–Kier alpha value is -2.44. The highest BCUT2D eigenvalue weighted by molar-refractivity contribution is 7.71. The van der Waals surface area contributed by atoms with Crippen molar-refractivity contribution in [2.45, 2.75) is 6.92 Å². The van der Waals surface area contributed by atoms with E-state index in [-0.39, 0.29) is 5.95 Å². The molecule has 3 N–H and O–H groups in total. The first-order chi connectivity index (χ1) is 11.0. The summed E-state index contributed by atoms with van der Waals surface area (Å²) in [5.74, 6) is 0.614. The Balaban J connectivity index is 2.10. The van der Waals surface area contributed by atoms with Gasteiger partial charge in [0.05, 0.1) is 5.69 Å². The molecule has 0 aliphatic carbocycles. The Bertz CT molecular complexity index is 888. The second kappa shape index (κ2) is 6.36. The summed E-state index contributed by atoms with van der Waals surface area (Å²) in [5, 5.41) is 3.87. The van der Waals surface area contributed by atoms with E-state index in [9.17, 15) is 0 Å². The van der Waals surface area contributed by atoms with Gasteiger partial charge in [-0.15, -0.1) is 0 Å². The third-order valence-corrected chi connectivity index (χ3v) is 3.75. The predicted molar refractivity (Wildman–Crippen MR) is 96.1 cm³/mol. The number of nitrogens with zero attached hydrogens (tertiary/aromatic N) is 3. The molecule has 7 heteroatoms. The lowest BCUT2D eigenvalue weighted by atomic mass is 10.2. The number of hydrogen-bond donors (Lipinski definition) is 2. The topological polar surface area (TPSA) is 68.8 Å². The van der Waals surface area contributed by atoms with Gasteiger partial charge in [0, 0.05) is 10.7 Å². The molecule has 3 rings (SSSR count). The van der Waals surface area contributed by atoms with Gasteiger partial charge in [0.15, 0.2) is 0 Å². The molecule has 0 radical (unpaired) electrons. The summed E-state index contributed by atoms with van der Waals surface area (Å²) in [7, 11) is 0. The van der Waals surface area contributed by atoms with E-state index in [0.717, 1.165) is 11.4 Å². The summed E-state index contributed by atoms with van der Waals surface area (Å²) in [4.78, 5) is 8.33. The minimum atomic E-state index is 0.120. The van der Waals surface area contributed by atoms with Crippen LogP contribution in [0.3, 0.4) is 0 Å². The lowest BCUT2D eigenvalue weighted by Crippen LogP contribution is -2.11. The zero-order valence-electron chi connectivity index (χ0n) is 12.3. The average Bonchev–Trinajstić information content (AvgIpc) is 2.51. The van der Waals surface area contributed by atoms with E-state index >= 15 is 0 Å². The molecule has 23 heavy (non-hydrogen) atoms. The van der Waals surface area contributed by atoms with Gasteiger partial charge in [-0.1, -0.05) is 29.3 Å². The monoisotopic (exact) mass is 343 g/mol. The van der Waals surface area contributed by atoms with Gasteiger partial charge < -0.3 is 11.1 Å². The molecule has 1 aromatic heterocycles. The third kappa shape index (κ3) is 3.49. The molecule has 0 bridgehead atoms. The number of aryl methyl sites for hydroxylation is 1. The molecule has 0 unspecified atom stereocenters. The first-order valence-electron chi connectivity index (χ1n) is 6.89. The maximum absolute atomic E-state index is 5.95. The van der Waals surface area contributed by atoms with Crippen molar-refractivity contribution in [3.05, 3.63) is 63.9 Å². The lowest BCUT2D eigenvalue weighted by Gasteiger charge is -2.14. The van der Waals surface area contributed by atoms with Crippen molar-refractivity contribution in [1.82, 2.24) is 14.5 Å². The van der Waals surface area contributed by atoms with Crippen LogP contribution in [0.25, 0.3) is 5.69 Å². The Morgan fingerprint density at radius 2 is 1.70 bits per heavy atom. The van der Waals surface area contributed by atoms with E-state index in [2.05, 4.69) is 15.3 Å². The second-order valence-corrected chi connectivity index (χ2v) is 5.79. The summed E-state index contributed by atoms with van der Waals surface area (Å²) in [6.07, 6.45) is 0. The van der Waals surface area contributed by atoms with Crippen LogP contribution in [0.1, 0.15) is 5.56 Å². The zero-order valence-corrected chi connectivity index (χ0v) is 13.9. The smallest absolute Gasteiger partial charge is 0.226 e. The quantitative estimate of drug-likeness (QED) is 0.694. The molecule has 2 aromatic carbocycles. The number of nitrogens with two attached hydrogens (primary N) is 1. The lowest BCUT2D eigenvalue weighted by molar-refractivity contribution is 0.915. The largest absolute Gasteiger partial charge is 0.368 e. The van der Waals surface area contributed by atoms with Gasteiger partial charge in [-0.3, -0.25) is 4.57 Å². The van der Waals surface area contributed by atoms with Crippen LogP contribution >= 0.6 is 23.8 Å². The minimum absolute atomic E-state index is 0.120. The van der Waals surface area contributed by atoms with Crippen molar-refractivity contribution in [3.63, 3.8) is 0 Å². The van der Waals surface area contributed by atoms with Gasteiger partial charge in [0.2, 0.25) is 16.7 Å². The molecule has 0 spiro atoms. The number of halogens is 1. The molecule has 0 saturated heterocycles. The first kappa shape index (κ1) is 15.5. The summed E-state index contributed by atoms with van der Waals surface area (Å²) in [6.45, 7) is 2.03.